The lowest BCUT2D eigenvalue weighted by atomic mass is 10.00. The Balaban J connectivity index is 1.86. The average Bonchev–Trinajstić information content (AvgIpc) is 2.38. The van der Waals surface area contributed by atoms with Gasteiger partial charge in [0, 0.05) is 18.9 Å². The van der Waals surface area contributed by atoms with Crippen LogP contribution in [0.1, 0.15) is 27.8 Å². The summed E-state index contributed by atoms with van der Waals surface area (Å²) in [5.41, 5.74) is 6.87. The first-order valence-electron chi connectivity index (χ1n) is 6.83. The molecular weight excluding hydrogens is 232 g/mol. The second-order valence-electron chi connectivity index (χ2n) is 5.16. The van der Waals surface area contributed by atoms with Crippen molar-refractivity contribution in [1.29, 1.82) is 0 Å². The zero-order valence-electron chi connectivity index (χ0n) is 12.0. The number of hydrogen-bond donors (Lipinski definition) is 1. The van der Waals surface area contributed by atoms with Gasteiger partial charge >= 0.3 is 0 Å². The molecule has 1 heterocycles. The maximum absolute atomic E-state index is 4.03. The number of aryl methyl sites for hydroxylation is 3. The highest BCUT2D eigenvalue weighted by Crippen LogP contribution is 2.15. The summed E-state index contributed by atoms with van der Waals surface area (Å²) in [5, 5.41) is 3.53. The Hall–Kier alpha value is -1.67. The van der Waals surface area contributed by atoms with Gasteiger partial charge in [-0.2, -0.15) is 0 Å². The molecule has 0 atom stereocenters. The molecule has 0 fully saturated rings. The fourth-order valence-corrected chi connectivity index (χ4v) is 2.48. The third-order valence-corrected chi connectivity index (χ3v) is 3.48. The van der Waals surface area contributed by atoms with Gasteiger partial charge in [-0.1, -0.05) is 17.7 Å². The van der Waals surface area contributed by atoms with E-state index in [0.29, 0.717) is 0 Å². The van der Waals surface area contributed by atoms with Gasteiger partial charge in [-0.25, -0.2) is 0 Å². The molecule has 19 heavy (non-hydrogen) atoms. The second kappa shape index (κ2) is 6.48. The third-order valence-electron chi connectivity index (χ3n) is 3.48. The molecule has 2 rings (SSSR count). The molecule has 0 radical (unpaired) electrons. The molecular formula is C17H22N2. The quantitative estimate of drug-likeness (QED) is 0.828. The van der Waals surface area contributed by atoms with Gasteiger partial charge in [0.1, 0.15) is 0 Å². The van der Waals surface area contributed by atoms with E-state index in [1.165, 1.54) is 27.8 Å². The molecule has 0 bridgehead atoms. The fourth-order valence-electron chi connectivity index (χ4n) is 2.48. The highest BCUT2D eigenvalue weighted by molar-refractivity contribution is 5.37. The predicted octanol–water partition coefficient (Wildman–Crippen LogP) is 3.34. The molecule has 0 saturated carbocycles. The van der Waals surface area contributed by atoms with Gasteiger partial charge in [0.25, 0.3) is 0 Å². The number of nitrogens with one attached hydrogen (secondary N) is 1. The first kappa shape index (κ1) is 13.8. The highest BCUT2D eigenvalue weighted by atomic mass is 14.8. The Morgan fingerprint density at radius 1 is 1.00 bits per heavy atom. The van der Waals surface area contributed by atoms with Crippen LogP contribution >= 0.6 is 0 Å². The van der Waals surface area contributed by atoms with Crippen molar-refractivity contribution in [3.63, 3.8) is 0 Å². The van der Waals surface area contributed by atoms with Gasteiger partial charge in [0.15, 0.2) is 0 Å². The topological polar surface area (TPSA) is 24.9 Å². The second-order valence-corrected chi connectivity index (χ2v) is 5.16. The highest BCUT2D eigenvalue weighted by Gasteiger charge is 2.03. The molecule has 0 aliphatic carbocycles. The van der Waals surface area contributed by atoms with Crippen LogP contribution in [0.3, 0.4) is 0 Å². The first-order chi connectivity index (χ1) is 9.16. The van der Waals surface area contributed by atoms with Crippen molar-refractivity contribution in [2.75, 3.05) is 6.54 Å². The molecule has 100 valence electrons. The molecule has 2 heteroatoms. The predicted molar refractivity (Wildman–Crippen MR) is 80.3 cm³/mol. The van der Waals surface area contributed by atoms with Crippen molar-refractivity contribution in [3.05, 3.63) is 64.5 Å². The minimum absolute atomic E-state index is 0.947. The summed E-state index contributed by atoms with van der Waals surface area (Å²) in [4.78, 5) is 4.03. The van der Waals surface area contributed by atoms with Crippen LogP contribution in [-0.2, 0) is 13.0 Å². The minimum Gasteiger partial charge on any atom is -0.312 e. The van der Waals surface area contributed by atoms with Gasteiger partial charge < -0.3 is 5.32 Å². The number of hydrogen-bond acceptors (Lipinski definition) is 2. The van der Waals surface area contributed by atoms with Crippen molar-refractivity contribution in [1.82, 2.24) is 10.3 Å². The number of rotatable bonds is 5. The van der Waals surface area contributed by atoms with E-state index >= 15 is 0 Å². The molecule has 0 spiro atoms. The van der Waals surface area contributed by atoms with Crippen LogP contribution in [0.2, 0.25) is 0 Å². The van der Waals surface area contributed by atoms with E-state index in [4.69, 9.17) is 0 Å². The van der Waals surface area contributed by atoms with Gasteiger partial charge in [-0.15, -0.1) is 0 Å². The molecule has 0 amide bonds. The summed E-state index contributed by atoms with van der Waals surface area (Å²) in [6.07, 6.45) is 4.75. The third kappa shape index (κ3) is 3.90. The van der Waals surface area contributed by atoms with Gasteiger partial charge in [0.05, 0.1) is 0 Å². The smallest absolute Gasteiger partial charge is 0.0270 e. The molecule has 1 aromatic carbocycles. The Kier molecular flexibility index (Phi) is 4.69. The Bertz CT molecular complexity index is 509. The SMILES string of the molecule is Cc1cc(C)c(CNCCc2ccncc2)c(C)c1. The molecule has 0 aliphatic heterocycles. The van der Waals surface area contributed by atoms with Crippen molar-refractivity contribution in [3.8, 4) is 0 Å². The lowest BCUT2D eigenvalue weighted by Gasteiger charge is -2.12. The molecule has 2 aromatic rings. The lowest BCUT2D eigenvalue weighted by Crippen LogP contribution is -2.18. The molecule has 2 nitrogen and oxygen atoms in total. The van der Waals surface area contributed by atoms with E-state index in [2.05, 4.69) is 55.3 Å². The van der Waals surface area contributed by atoms with E-state index in [0.717, 1.165) is 19.5 Å². The van der Waals surface area contributed by atoms with Crippen LogP contribution in [0.25, 0.3) is 0 Å². The number of benzene rings is 1. The maximum Gasteiger partial charge on any atom is 0.0270 e. The molecule has 1 N–H and O–H groups in total. The molecule has 1 aromatic heterocycles. The normalized spacial score (nSPS) is 10.7. The van der Waals surface area contributed by atoms with Gasteiger partial charge in [0.2, 0.25) is 0 Å². The zero-order chi connectivity index (χ0) is 13.7. The van der Waals surface area contributed by atoms with E-state index in [9.17, 15) is 0 Å². The zero-order valence-corrected chi connectivity index (χ0v) is 12.0. The van der Waals surface area contributed by atoms with E-state index in [-0.39, 0.29) is 0 Å². The van der Waals surface area contributed by atoms with Crippen LogP contribution in [0.5, 0.6) is 0 Å². The number of aromatic nitrogens is 1. The summed E-state index contributed by atoms with van der Waals surface area (Å²) in [6.45, 7) is 8.49. The van der Waals surface area contributed by atoms with Crippen molar-refractivity contribution >= 4 is 0 Å². The van der Waals surface area contributed by atoms with E-state index in [1.54, 1.807) is 0 Å². The van der Waals surface area contributed by atoms with Gasteiger partial charge in [-0.05, 0) is 68.1 Å². The van der Waals surface area contributed by atoms with E-state index < -0.39 is 0 Å². The summed E-state index contributed by atoms with van der Waals surface area (Å²) >= 11 is 0. The Morgan fingerprint density at radius 2 is 1.63 bits per heavy atom. The number of pyridine rings is 1. The first-order valence-corrected chi connectivity index (χ1v) is 6.83. The number of nitrogens with zero attached hydrogens (tertiary/aromatic N) is 1. The summed E-state index contributed by atoms with van der Waals surface area (Å²) in [6, 6.07) is 8.66. The maximum atomic E-state index is 4.03. The van der Waals surface area contributed by atoms with Crippen LogP contribution in [-0.4, -0.2) is 11.5 Å². The lowest BCUT2D eigenvalue weighted by molar-refractivity contribution is 0.681. The fraction of sp³-hybridized carbons (Fsp3) is 0.353. The molecule has 0 aliphatic rings. The Morgan fingerprint density at radius 3 is 2.26 bits per heavy atom. The molecule has 0 unspecified atom stereocenters. The minimum atomic E-state index is 0.947. The van der Waals surface area contributed by atoms with Crippen molar-refractivity contribution in [2.45, 2.75) is 33.7 Å². The van der Waals surface area contributed by atoms with Crippen LogP contribution in [0, 0.1) is 20.8 Å². The standard InChI is InChI=1S/C17H22N2/c1-13-10-14(2)17(15(3)11-13)12-19-9-6-16-4-7-18-8-5-16/h4-5,7-8,10-11,19H,6,9,12H2,1-3H3. The van der Waals surface area contributed by atoms with Crippen LogP contribution < -0.4 is 5.32 Å². The van der Waals surface area contributed by atoms with Crippen LogP contribution in [0.4, 0.5) is 0 Å². The van der Waals surface area contributed by atoms with Crippen molar-refractivity contribution < 1.29 is 0 Å². The van der Waals surface area contributed by atoms with E-state index in [1.807, 2.05) is 12.4 Å². The molecule has 0 saturated heterocycles. The summed E-state index contributed by atoms with van der Waals surface area (Å²) < 4.78 is 0. The average molecular weight is 254 g/mol. The largest absolute Gasteiger partial charge is 0.312 e. The van der Waals surface area contributed by atoms with Crippen molar-refractivity contribution in [2.24, 2.45) is 0 Å². The monoisotopic (exact) mass is 254 g/mol. The summed E-state index contributed by atoms with van der Waals surface area (Å²) in [5.74, 6) is 0. The van der Waals surface area contributed by atoms with Crippen LogP contribution in [0.15, 0.2) is 36.7 Å². The Labute approximate surface area is 115 Å². The summed E-state index contributed by atoms with van der Waals surface area (Å²) in [7, 11) is 0. The van der Waals surface area contributed by atoms with Gasteiger partial charge in [-0.3, -0.25) is 4.98 Å².